The van der Waals surface area contributed by atoms with Crippen molar-refractivity contribution >= 4 is 34.1 Å². The number of amides is 2. The number of benzene rings is 2. The van der Waals surface area contributed by atoms with Crippen molar-refractivity contribution in [1.82, 2.24) is 4.57 Å². The summed E-state index contributed by atoms with van der Waals surface area (Å²) in [5.74, 6) is -0.0952. The quantitative estimate of drug-likeness (QED) is 0.755. The molecular weight excluding hydrogens is 330 g/mol. The van der Waals surface area contributed by atoms with Gasteiger partial charge in [-0.15, -0.1) is 0 Å². The standard InChI is InChI=1S/C20H19N3O3/c1-2-9-23-10-8-13-11-14(6-7-17(13)23)21-20(25)15-4-3-5-16-19(15)26-12-18(24)22-16/h3-8,10-11H,2,9,12H2,1H3,(H,21,25)(H,22,24). The average Bonchev–Trinajstić information content (AvgIpc) is 3.03. The van der Waals surface area contributed by atoms with Crippen LogP contribution in [0.1, 0.15) is 23.7 Å². The average molecular weight is 349 g/mol. The summed E-state index contributed by atoms with van der Waals surface area (Å²) in [5, 5.41) is 6.70. The molecule has 0 spiro atoms. The van der Waals surface area contributed by atoms with Gasteiger partial charge in [-0.2, -0.15) is 0 Å². The highest BCUT2D eigenvalue weighted by Gasteiger charge is 2.22. The molecule has 26 heavy (non-hydrogen) atoms. The molecule has 3 aromatic rings. The van der Waals surface area contributed by atoms with E-state index in [9.17, 15) is 9.59 Å². The van der Waals surface area contributed by atoms with Crippen molar-refractivity contribution in [3.8, 4) is 5.75 Å². The highest BCUT2D eigenvalue weighted by molar-refractivity contribution is 6.09. The molecule has 1 aromatic heterocycles. The van der Waals surface area contributed by atoms with E-state index < -0.39 is 0 Å². The number of rotatable bonds is 4. The van der Waals surface area contributed by atoms with Crippen molar-refractivity contribution < 1.29 is 14.3 Å². The summed E-state index contributed by atoms with van der Waals surface area (Å²) < 4.78 is 7.65. The van der Waals surface area contributed by atoms with Gasteiger partial charge in [0.1, 0.15) is 0 Å². The van der Waals surface area contributed by atoms with Crippen LogP contribution in [0.2, 0.25) is 0 Å². The summed E-state index contributed by atoms with van der Waals surface area (Å²) in [7, 11) is 0. The lowest BCUT2D eigenvalue weighted by Gasteiger charge is -2.20. The number of aromatic nitrogens is 1. The van der Waals surface area contributed by atoms with Gasteiger partial charge in [0.15, 0.2) is 12.4 Å². The maximum atomic E-state index is 12.7. The monoisotopic (exact) mass is 349 g/mol. The molecule has 1 aliphatic heterocycles. The summed E-state index contributed by atoms with van der Waals surface area (Å²) in [5.41, 5.74) is 2.77. The molecule has 1 aliphatic rings. The normalized spacial score (nSPS) is 13.0. The Hall–Kier alpha value is -3.28. The van der Waals surface area contributed by atoms with Crippen LogP contribution in [-0.2, 0) is 11.3 Å². The third-order valence-electron chi connectivity index (χ3n) is 4.37. The molecule has 0 radical (unpaired) electrons. The fourth-order valence-electron chi connectivity index (χ4n) is 3.21. The Morgan fingerprint density at radius 1 is 1.27 bits per heavy atom. The van der Waals surface area contributed by atoms with Crippen molar-refractivity contribution in [2.24, 2.45) is 0 Å². The van der Waals surface area contributed by atoms with Crippen LogP contribution in [0.25, 0.3) is 10.9 Å². The van der Waals surface area contributed by atoms with E-state index in [1.165, 1.54) is 0 Å². The molecule has 4 rings (SSSR count). The Kier molecular flexibility index (Phi) is 4.08. The smallest absolute Gasteiger partial charge is 0.262 e. The number of ether oxygens (including phenoxy) is 1. The Labute approximate surface area is 150 Å². The first-order valence-electron chi connectivity index (χ1n) is 8.61. The molecule has 0 aliphatic carbocycles. The van der Waals surface area contributed by atoms with Gasteiger partial charge in [0.25, 0.3) is 11.8 Å². The van der Waals surface area contributed by atoms with E-state index >= 15 is 0 Å². The van der Waals surface area contributed by atoms with Crippen LogP contribution in [0, 0.1) is 0 Å². The zero-order valence-electron chi connectivity index (χ0n) is 14.4. The van der Waals surface area contributed by atoms with Gasteiger partial charge in [-0.3, -0.25) is 9.59 Å². The van der Waals surface area contributed by atoms with E-state index in [2.05, 4.69) is 28.3 Å². The van der Waals surface area contributed by atoms with Gasteiger partial charge in [0.2, 0.25) is 0 Å². The third-order valence-corrected chi connectivity index (χ3v) is 4.37. The van der Waals surface area contributed by atoms with Crippen molar-refractivity contribution in [3.05, 3.63) is 54.2 Å². The Morgan fingerprint density at radius 3 is 3.00 bits per heavy atom. The first-order valence-corrected chi connectivity index (χ1v) is 8.61. The minimum absolute atomic E-state index is 0.0891. The first kappa shape index (κ1) is 16.2. The summed E-state index contributed by atoms with van der Waals surface area (Å²) >= 11 is 0. The van der Waals surface area contributed by atoms with Gasteiger partial charge in [0.05, 0.1) is 11.3 Å². The second kappa shape index (κ2) is 6.55. The van der Waals surface area contributed by atoms with E-state index in [1.807, 2.05) is 24.3 Å². The SMILES string of the molecule is CCCn1ccc2cc(NC(=O)c3cccc4c3OCC(=O)N4)ccc21. The summed E-state index contributed by atoms with van der Waals surface area (Å²) in [4.78, 5) is 24.1. The maximum Gasteiger partial charge on any atom is 0.262 e. The zero-order chi connectivity index (χ0) is 18.1. The molecule has 0 bridgehead atoms. The fraction of sp³-hybridized carbons (Fsp3) is 0.200. The molecule has 6 nitrogen and oxygen atoms in total. The number of para-hydroxylation sites is 1. The molecule has 2 heterocycles. The van der Waals surface area contributed by atoms with E-state index in [1.54, 1.807) is 18.2 Å². The zero-order valence-corrected chi connectivity index (χ0v) is 14.4. The van der Waals surface area contributed by atoms with Crippen LogP contribution >= 0.6 is 0 Å². The first-order chi connectivity index (χ1) is 12.7. The minimum atomic E-state index is -0.273. The van der Waals surface area contributed by atoms with E-state index in [0.29, 0.717) is 22.7 Å². The molecule has 0 fully saturated rings. The Bertz CT molecular complexity index is 1010. The van der Waals surface area contributed by atoms with Gasteiger partial charge in [0, 0.05) is 29.3 Å². The molecule has 0 atom stereocenters. The van der Waals surface area contributed by atoms with Crippen LogP contribution in [0.5, 0.6) is 5.75 Å². The fourth-order valence-corrected chi connectivity index (χ4v) is 3.21. The predicted molar refractivity (Wildman–Crippen MR) is 101 cm³/mol. The van der Waals surface area contributed by atoms with E-state index in [-0.39, 0.29) is 18.4 Å². The Morgan fingerprint density at radius 2 is 2.15 bits per heavy atom. The number of nitrogens with zero attached hydrogens (tertiary/aromatic N) is 1. The van der Waals surface area contributed by atoms with Crippen molar-refractivity contribution in [2.75, 3.05) is 17.2 Å². The van der Waals surface area contributed by atoms with Crippen LogP contribution in [-0.4, -0.2) is 23.0 Å². The number of aryl methyl sites for hydroxylation is 1. The lowest BCUT2D eigenvalue weighted by molar-refractivity contribution is -0.118. The molecule has 132 valence electrons. The van der Waals surface area contributed by atoms with Gasteiger partial charge >= 0.3 is 0 Å². The second-order valence-electron chi connectivity index (χ2n) is 6.26. The topological polar surface area (TPSA) is 72.4 Å². The van der Waals surface area contributed by atoms with Gasteiger partial charge < -0.3 is 19.9 Å². The summed E-state index contributed by atoms with van der Waals surface area (Å²) in [6.07, 6.45) is 3.13. The number of fused-ring (bicyclic) bond motifs is 2. The van der Waals surface area contributed by atoms with E-state index in [0.717, 1.165) is 23.9 Å². The minimum Gasteiger partial charge on any atom is -0.481 e. The molecule has 2 aromatic carbocycles. The van der Waals surface area contributed by atoms with E-state index in [4.69, 9.17) is 4.74 Å². The number of hydrogen-bond acceptors (Lipinski definition) is 3. The van der Waals surface area contributed by atoms with Crippen LogP contribution in [0.3, 0.4) is 0 Å². The van der Waals surface area contributed by atoms with Gasteiger partial charge in [-0.1, -0.05) is 13.0 Å². The molecule has 0 saturated carbocycles. The maximum absolute atomic E-state index is 12.7. The number of hydrogen-bond donors (Lipinski definition) is 2. The highest BCUT2D eigenvalue weighted by Crippen LogP contribution is 2.32. The molecule has 6 heteroatoms. The lowest BCUT2D eigenvalue weighted by Crippen LogP contribution is -2.27. The number of nitrogens with one attached hydrogen (secondary N) is 2. The van der Waals surface area contributed by atoms with Gasteiger partial charge in [-0.25, -0.2) is 0 Å². The number of carbonyl (C=O) groups excluding carboxylic acids is 2. The van der Waals surface area contributed by atoms with Crippen molar-refractivity contribution in [2.45, 2.75) is 19.9 Å². The van der Waals surface area contributed by atoms with Crippen LogP contribution in [0.15, 0.2) is 48.7 Å². The van der Waals surface area contributed by atoms with Crippen molar-refractivity contribution in [1.29, 1.82) is 0 Å². The van der Waals surface area contributed by atoms with Crippen LogP contribution in [0.4, 0.5) is 11.4 Å². The Balaban J connectivity index is 1.60. The molecule has 0 saturated heterocycles. The number of anilines is 2. The summed E-state index contributed by atoms with van der Waals surface area (Å²) in [6, 6.07) is 13.0. The third kappa shape index (κ3) is 2.90. The largest absolute Gasteiger partial charge is 0.481 e. The number of carbonyl (C=O) groups is 2. The predicted octanol–water partition coefficient (Wildman–Crippen LogP) is 3.63. The van der Waals surface area contributed by atoms with Gasteiger partial charge in [-0.05, 0) is 42.8 Å². The van der Waals surface area contributed by atoms with Crippen molar-refractivity contribution in [3.63, 3.8) is 0 Å². The molecule has 0 unspecified atom stereocenters. The second-order valence-corrected chi connectivity index (χ2v) is 6.26. The molecular formula is C20H19N3O3. The molecule has 2 amide bonds. The lowest BCUT2D eigenvalue weighted by atomic mass is 10.1. The van der Waals surface area contributed by atoms with Crippen LogP contribution < -0.4 is 15.4 Å². The molecule has 2 N–H and O–H groups in total. The highest BCUT2D eigenvalue weighted by atomic mass is 16.5. The summed E-state index contributed by atoms with van der Waals surface area (Å²) in [6.45, 7) is 3.02.